The third-order valence-corrected chi connectivity index (χ3v) is 2.06. The molecule has 0 saturated carbocycles. The lowest BCUT2D eigenvalue weighted by atomic mass is 10.3. The number of benzene rings is 1. The third kappa shape index (κ3) is 2.49. The SMILES string of the molecule is Nc1ncccc1Oc1cccc([N+](=O)[O-])c1. The van der Waals surface area contributed by atoms with Crippen molar-refractivity contribution in [1.82, 2.24) is 4.98 Å². The number of nitrogen functional groups attached to an aromatic ring is 1. The van der Waals surface area contributed by atoms with E-state index in [-0.39, 0.29) is 11.5 Å². The van der Waals surface area contributed by atoms with E-state index in [1.807, 2.05) is 0 Å². The molecule has 0 aliphatic carbocycles. The smallest absolute Gasteiger partial charge is 0.273 e. The Bertz CT molecular complexity index is 557. The number of aromatic nitrogens is 1. The molecule has 6 heteroatoms. The van der Waals surface area contributed by atoms with Gasteiger partial charge in [0.15, 0.2) is 11.6 Å². The Morgan fingerprint density at radius 1 is 1.29 bits per heavy atom. The Kier molecular flexibility index (Phi) is 2.87. The van der Waals surface area contributed by atoms with Gasteiger partial charge in [0.05, 0.1) is 11.0 Å². The fourth-order valence-corrected chi connectivity index (χ4v) is 1.28. The number of anilines is 1. The summed E-state index contributed by atoms with van der Waals surface area (Å²) < 4.78 is 5.41. The monoisotopic (exact) mass is 231 g/mol. The summed E-state index contributed by atoms with van der Waals surface area (Å²) in [5.41, 5.74) is 5.56. The lowest BCUT2D eigenvalue weighted by Crippen LogP contribution is -1.95. The van der Waals surface area contributed by atoms with Crippen LogP contribution in [0.2, 0.25) is 0 Å². The molecule has 0 aliphatic rings. The second kappa shape index (κ2) is 4.48. The van der Waals surface area contributed by atoms with Gasteiger partial charge in [-0.15, -0.1) is 0 Å². The van der Waals surface area contributed by atoms with Crippen molar-refractivity contribution in [3.63, 3.8) is 0 Å². The van der Waals surface area contributed by atoms with Gasteiger partial charge in [-0.25, -0.2) is 4.98 Å². The summed E-state index contributed by atoms with van der Waals surface area (Å²) in [6, 6.07) is 9.18. The van der Waals surface area contributed by atoms with Crippen LogP contribution in [0.4, 0.5) is 11.5 Å². The normalized spacial score (nSPS) is 9.88. The predicted octanol–water partition coefficient (Wildman–Crippen LogP) is 2.36. The van der Waals surface area contributed by atoms with Crippen LogP contribution >= 0.6 is 0 Å². The number of rotatable bonds is 3. The second-order valence-corrected chi connectivity index (χ2v) is 3.24. The van der Waals surface area contributed by atoms with E-state index in [4.69, 9.17) is 10.5 Å². The van der Waals surface area contributed by atoms with Crippen LogP contribution in [0.15, 0.2) is 42.6 Å². The Balaban J connectivity index is 2.28. The molecule has 2 aromatic rings. The van der Waals surface area contributed by atoms with Crippen LogP contribution in [0.5, 0.6) is 11.5 Å². The number of hydrogen-bond donors (Lipinski definition) is 1. The van der Waals surface area contributed by atoms with Crippen molar-refractivity contribution < 1.29 is 9.66 Å². The molecule has 0 saturated heterocycles. The summed E-state index contributed by atoms with van der Waals surface area (Å²) >= 11 is 0. The van der Waals surface area contributed by atoms with Crippen molar-refractivity contribution in [2.24, 2.45) is 0 Å². The topological polar surface area (TPSA) is 91.3 Å². The summed E-state index contributed by atoms with van der Waals surface area (Å²) in [5.74, 6) is 0.950. The molecule has 2 N–H and O–H groups in total. The highest BCUT2D eigenvalue weighted by Crippen LogP contribution is 2.27. The number of pyridine rings is 1. The molecule has 0 radical (unpaired) electrons. The first-order chi connectivity index (χ1) is 8.16. The van der Waals surface area contributed by atoms with Crippen LogP contribution in [0, 0.1) is 10.1 Å². The standard InChI is InChI=1S/C11H9N3O3/c12-11-10(5-2-6-13-11)17-9-4-1-3-8(7-9)14(15)16/h1-7H,(H2,12,13). The zero-order valence-electron chi connectivity index (χ0n) is 8.74. The van der Waals surface area contributed by atoms with E-state index in [1.54, 1.807) is 24.3 Å². The molecule has 0 aliphatic heterocycles. The van der Waals surface area contributed by atoms with Crippen LogP contribution in [0.3, 0.4) is 0 Å². The van der Waals surface area contributed by atoms with Crippen LogP contribution in [0.25, 0.3) is 0 Å². The van der Waals surface area contributed by atoms with Gasteiger partial charge in [0.2, 0.25) is 0 Å². The van der Waals surface area contributed by atoms with Crippen molar-refractivity contribution in [3.05, 3.63) is 52.7 Å². The van der Waals surface area contributed by atoms with Gasteiger partial charge >= 0.3 is 0 Å². The van der Waals surface area contributed by atoms with Crippen molar-refractivity contribution in [2.75, 3.05) is 5.73 Å². The van der Waals surface area contributed by atoms with Gasteiger partial charge in [-0.3, -0.25) is 10.1 Å². The maximum Gasteiger partial charge on any atom is 0.273 e. The van der Waals surface area contributed by atoms with Gasteiger partial charge in [-0.05, 0) is 18.2 Å². The van der Waals surface area contributed by atoms with E-state index in [1.165, 1.54) is 18.3 Å². The highest BCUT2D eigenvalue weighted by Gasteiger charge is 2.08. The summed E-state index contributed by atoms with van der Waals surface area (Å²) in [6.07, 6.45) is 1.54. The molecule has 1 aromatic heterocycles. The van der Waals surface area contributed by atoms with Crippen LogP contribution in [-0.4, -0.2) is 9.91 Å². The molecule has 1 aromatic carbocycles. The summed E-state index contributed by atoms with van der Waals surface area (Å²) in [4.78, 5) is 14.0. The molecule has 6 nitrogen and oxygen atoms in total. The van der Waals surface area contributed by atoms with Gasteiger partial charge in [0.1, 0.15) is 5.75 Å². The number of ether oxygens (including phenoxy) is 1. The summed E-state index contributed by atoms with van der Waals surface area (Å²) in [5, 5.41) is 10.6. The van der Waals surface area contributed by atoms with Crippen LogP contribution < -0.4 is 10.5 Å². The van der Waals surface area contributed by atoms with E-state index in [0.29, 0.717) is 11.5 Å². The molecule has 0 unspecified atom stereocenters. The second-order valence-electron chi connectivity index (χ2n) is 3.24. The van der Waals surface area contributed by atoms with E-state index in [0.717, 1.165) is 0 Å². The predicted molar refractivity (Wildman–Crippen MR) is 61.8 cm³/mol. The zero-order chi connectivity index (χ0) is 12.3. The molecule has 0 atom stereocenters. The molecule has 0 bridgehead atoms. The number of nitrogens with two attached hydrogens (primary N) is 1. The number of nitro benzene ring substituents is 1. The molecule has 0 amide bonds. The number of nitrogens with zero attached hydrogens (tertiary/aromatic N) is 2. The summed E-state index contributed by atoms with van der Waals surface area (Å²) in [7, 11) is 0. The highest BCUT2D eigenvalue weighted by atomic mass is 16.6. The Morgan fingerprint density at radius 2 is 2.12 bits per heavy atom. The summed E-state index contributed by atoms with van der Waals surface area (Å²) in [6.45, 7) is 0. The Morgan fingerprint density at radius 3 is 2.82 bits per heavy atom. The molecular weight excluding hydrogens is 222 g/mol. The molecule has 0 fully saturated rings. The first kappa shape index (κ1) is 10.9. The molecular formula is C11H9N3O3. The fraction of sp³-hybridized carbons (Fsp3) is 0. The minimum atomic E-state index is -0.487. The van der Waals surface area contributed by atoms with Crippen LogP contribution in [-0.2, 0) is 0 Å². The maximum atomic E-state index is 10.6. The minimum Gasteiger partial charge on any atom is -0.453 e. The van der Waals surface area contributed by atoms with Crippen molar-refractivity contribution in [1.29, 1.82) is 0 Å². The largest absolute Gasteiger partial charge is 0.453 e. The van der Waals surface area contributed by atoms with Crippen molar-refractivity contribution >= 4 is 11.5 Å². The zero-order valence-corrected chi connectivity index (χ0v) is 8.74. The molecule has 86 valence electrons. The average Bonchev–Trinajstić information content (AvgIpc) is 2.32. The molecule has 2 rings (SSSR count). The van der Waals surface area contributed by atoms with Gasteiger partial charge in [-0.1, -0.05) is 6.07 Å². The first-order valence-electron chi connectivity index (χ1n) is 4.79. The van der Waals surface area contributed by atoms with Crippen molar-refractivity contribution in [3.8, 4) is 11.5 Å². The van der Waals surface area contributed by atoms with E-state index >= 15 is 0 Å². The number of nitro groups is 1. The fourth-order valence-electron chi connectivity index (χ4n) is 1.28. The van der Waals surface area contributed by atoms with E-state index < -0.39 is 4.92 Å². The van der Waals surface area contributed by atoms with Gasteiger partial charge in [-0.2, -0.15) is 0 Å². The minimum absolute atomic E-state index is 0.0371. The van der Waals surface area contributed by atoms with E-state index in [2.05, 4.69) is 4.98 Å². The number of non-ortho nitro benzene ring substituents is 1. The Hall–Kier alpha value is -2.63. The molecule has 0 spiro atoms. The maximum absolute atomic E-state index is 10.6. The van der Waals surface area contributed by atoms with Gasteiger partial charge in [0.25, 0.3) is 5.69 Å². The van der Waals surface area contributed by atoms with Crippen molar-refractivity contribution in [2.45, 2.75) is 0 Å². The number of hydrogen-bond acceptors (Lipinski definition) is 5. The average molecular weight is 231 g/mol. The third-order valence-electron chi connectivity index (χ3n) is 2.06. The lowest BCUT2D eigenvalue weighted by molar-refractivity contribution is -0.384. The molecule has 17 heavy (non-hydrogen) atoms. The lowest BCUT2D eigenvalue weighted by Gasteiger charge is -2.06. The first-order valence-corrected chi connectivity index (χ1v) is 4.79. The van der Waals surface area contributed by atoms with Gasteiger partial charge in [0, 0.05) is 12.3 Å². The van der Waals surface area contributed by atoms with E-state index in [9.17, 15) is 10.1 Å². The quantitative estimate of drug-likeness (QED) is 0.646. The Labute approximate surface area is 96.8 Å². The highest BCUT2D eigenvalue weighted by molar-refractivity contribution is 5.48. The van der Waals surface area contributed by atoms with Crippen LogP contribution in [0.1, 0.15) is 0 Å². The van der Waals surface area contributed by atoms with Gasteiger partial charge < -0.3 is 10.5 Å². The molecule has 1 heterocycles.